The first-order valence-electron chi connectivity index (χ1n) is 7.46. The molecule has 0 saturated heterocycles. The first kappa shape index (κ1) is 14.3. The van der Waals surface area contributed by atoms with E-state index in [1.807, 2.05) is 30.3 Å². The number of benzene rings is 2. The van der Waals surface area contributed by atoms with Gasteiger partial charge in [-0.2, -0.15) is 5.26 Å². The van der Waals surface area contributed by atoms with Gasteiger partial charge in [0, 0.05) is 16.8 Å². The van der Waals surface area contributed by atoms with Gasteiger partial charge in [-0.15, -0.1) is 0 Å². The van der Waals surface area contributed by atoms with Crippen LogP contribution in [0.2, 0.25) is 0 Å². The maximum Gasteiger partial charge on any atom is 0.249 e. The summed E-state index contributed by atoms with van der Waals surface area (Å²) in [6.45, 7) is 1.63. The number of H-pyrrole nitrogens is 1. The molecule has 6 heteroatoms. The lowest BCUT2D eigenvalue weighted by Gasteiger charge is -2.11. The van der Waals surface area contributed by atoms with E-state index in [2.05, 4.69) is 21.4 Å². The van der Waals surface area contributed by atoms with Crippen molar-refractivity contribution in [1.29, 1.82) is 5.26 Å². The summed E-state index contributed by atoms with van der Waals surface area (Å²) in [5.41, 5.74) is 2.60. The molecular formula is C18H14N4O2. The molecule has 3 aromatic rings. The molecule has 0 aliphatic carbocycles. The molecule has 1 aliphatic rings. The normalized spacial score (nSPS) is 19.0. The maximum absolute atomic E-state index is 12.1. The number of methoxy groups -OCH3 is 1. The van der Waals surface area contributed by atoms with Crippen LogP contribution in [0.4, 0.5) is 5.69 Å². The summed E-state index contributed by atoms with van der Waals surface area (Å²) in [5, 5.41) is 12.2. The number of carbonyl (C=O) groups is 1. The molecule has 0 saturated carbocycles. The molecule has 0 bridgehead atoms. The van der Waals surface area contributed by atoms with Crippen LogP contribution in [0.1, 0.15) is 12.5 Å². The van der Waals surface area contributed by atoms with Crippen molar-refractivity contribution in [1.82, 2.24) is 9.97 Å². The van der Waals surface area contributed by atoms with E-state index in [1.165, 1.54) is 0 Å². The fraction of sp³-hybridized carbons (Fsp3) is 0.167. The number of nitriles is 1. The summed E-state index contributed by atoms with van der Waals surface area (Å²) >= 11 is 0. The molecule has 2 aromatic carbocycles. The van der Waals surface area contributed by atoms with Crippen LogP contribution in [0.5, 0.6) is 5.75 Å². The Bertz CT molecular complexity index is 1010. The number of hydrogen-bond donors (Lipinski definition) is 2. The van der Waals surface area contributed by atoms with E-state index < -0.39 is 5.41 Å². The molecule has 1 atom stereocenters. The van der Waals surface area contributed by atoms with Crippen molar-refractivity contribution >= 4 is 22.6 Å². The lowest BCUT2D eigenvalue weighted by Crippen LogP contribution is -2.28. The number of imidazole rings is 1. The highest BCUT2D eigenvalue weighted by atomic mass is 16.5. The van der Waals surface area contributed by atoms with Gasteiger partial charge in [-0.25, -0.2) is 4.98 Å². The number of nitrogens with zero attached hydrogens (tertiary/aromatic N) is 2. The van der Waals surface area contributed by atoms with Gasteiger partial charge in [0.2, 0.25) is 5.91 Å². The predicted octanol–water partition coefficient (Wildman–Crippen LogP) is 2.97. The summed E-state index contributed by atoms with van der Waals surface area (Å²) in [6.07, 6.45) is 0. The molecule has 0 radical (unpaired) electrons. The molecule has 1 aromatic heterocycles. The van der Waals surface area contributed by atoms with E-state index >= 15 is 0 Å². The number of rotatable bonds is 2. The lowest BCUT2D eigenvalue weighted by atomic mass is 9.85. The standard InChI is InChI=1S/C18H14N4O2/c1-18(9-19)12-7-14-15(8-13(12)22-17(18)23)21-16(20-14)10-3-5-11(24-2)6-4-10/h3-8H,1-2H3,(H,20,21)(H,22,23). The first-order chi connectivity index (χ1) is 11.5. The van der Waals surface area contributed by atoms with Crippen LogP contribution in [0, 0.1) is 11.3 Å². The molecule has 0 spiro atoms. The van der Waals surface area contributed by atoms with Crippen molar-refractivity contribution in [2.45, 2.75) is 12.3 Å². The number of nitrogens with one attached hydrogen (secondary N) is 2. The summed E-state index contributed by atoms with van der Waals surface area (Å²) in [4.78, 5) is 19.9. The summed E-state index contributed by atoms with van der Waals surface area (Å²) in [7, 11) is 1.62. The van der Waals surface area contributed by atoms with E-state index in [9.17, 15) is 10.1 Å². The summed E-state index contributed by atoms with van der Waals surface area (Å²) in [5.74, 6) is 1.20. The lowest BCUT2D eigenvalue weighted by molar-refractivity contribution is -0.118. The fourth-order valence-corrected chi connectivity index (χ4v) is 2.94. The first-order valence-corrected chi connectivity index (χ1v) is 7.46. The molecular weight excluding hydrogens is 304 g/mol. The quantitative estimate of drug-likeness (QED) is 0.760. The average molecular weight is 318 g/mol. The Morgan fingerprint density at radius 2 is 2.00 bits per heavy atom. The number of fused-ring (bicyclic) bond motifs is 2. The number of ether oxygens (including phenoxy) is 1. The average Bonchev–Trinajstić information content (AvgIpc) is 3.12. The summed E-state index contributed by atoms with van der Waals surface area (Å²) < 4.78 is 5.16. The minimum atomic E-state index is -1.17. The van der Waals surface area contributed by atoms with Crippen molar-refractivity contribution in [3.05, 3.63) is 42.0 Å². The molecule has 118 valence electrons. The van der Waals surface area contributed by atoms with Gasteiger partial charge < -0.3 is 15.0 Å². The number of anilines is 1. The van der Waals surface area contributed by atoms with Crippen LogP contribution in [0.25, 0.3) is 22.4 Å². The van der Waals surface area contributed by atoms with Crippen LogP contribution >= 0.6 is 0 Å². The third-order valence-electron chi connectivity index (χ3n) is 4.45. The zero-order chi connectivity index (χ0) is 16.9. The molecule has 1 aliphatic heterocycles. The van der Waals surface area contributed by atoms with Gasteiger partial charge in [0.05, 0.1) is 24.2 Å². The monoisotopic (exact) mass is 318 g/mol. The van der Waals surface area contributed by atoms with Crippen LogP contribution < -0.4 is 10.1 Å². The molecule has 6 nitrogen and oxygen atoms in total. The zero-order valence-corrected chi connectivity index (χ0v) is 13.2. The van der Waals surface area contributed by atoms with Gasteiger partial charge in [0.1, 0.15) is 11.6 Å². The van der Waals surface area contributed by atoms with Crippen LogP contribution in [-0.4, -0.2) is 23.0 Å². The van der Waals surface area contributed by atoms with E-state index in [0.29, 0.717) is 11.3 Å². The molecule has 24 heavy (non-hydrogen) atoms. The van der Waals surface area contributed by atoms with E-state index in [-0.39, 0.29) is 5.91 Å². The Labute approximate surface area is 138 Å². The Morgan fingerprint density at radius 3 is 2.67 bits per heavy atom. The van der Waals surface area contributed by atoms with E-state index in [4.69, 9.17) is 4.74 Å². The second kappa shape index (κ2) is 4.83. The smallest absolute Gasteiger partial charge is 0.249 e. The molecule has 4 rings (SSSR count). The van der Waals surface area contributed by atoms with E-state index in [1.54, 1.807) is 20.1 Å². The number of hydrogen-bond acceptors (Lipinski definition) is 4. The number of amides is 1. The minimum absolute atomic E-state index is 0.303. The minimum Gasteiger partial charge on any atom is -0.497 e. The summed E-state index contributed by atoms with van der Waals surface area (Å²) in [6, 6.07) is 13.3. The van der Waals surface area contributed by atoms with Gasteiger partial charge in [0.25, 0.3) is 0 Å². The Morgan fingerprint density at radius 1 is 1.25 bits per heavy atom. The largest absolute Gasteiger partial charge is 0.497 e. The number of aromatic amines is 1. The van der Waals surface area contributed by atoms with Gasteiger partial charge >= 0.3 is 0 Å². The third kappa shape index (κ3) is 1.88. The van der Waals surface area contributed by atoms with E-state index in [0.717, 1.165) is 28.2 Å². The molecule has 2 N–H and O–H groups in total. The van der Waals surface area contributed by atoms with Gasteiger partial charge in [-0.3, -0.25) is 4.79 Å². The molecule has 1 unspecified atom stereocenters. The maximum atomic E-state index is 12.1. The topological polar surface area (TPSA) is 90.8 Å². The number of carbonyl (C=O) groups excluding carboxylic acids is 1. The highest BCUT2D eigenvalue weighted by Crippen LogP contribution is 2.39. The third-order valence-corrected chi connectivity index (χ3v) is 4.45. The predicted molar refractivity (Wildman–Crippen MR) is 89.7 cm³/mol. The van der Waals surface area contributed by atoms with Gasteiger partial charge in [0.15, 0.2) is 5.41 Å². The highest BCUT2D eigenvalue weighted by molar-refractivity contribution is 6.09. The van der Waals surface area contributed by atoms with Crippen molar-refractivity contribution in [3.63, 3.8) is 0 Å². The van der Waals surface area contributed by atoms with Crippen molar-refractivity contribution < 1.29 is 9.53 Å². The highest BCUT2D eigenvalue weighted by Gasteiger charge is 2.43. The Balaban J connectivity index is 1.83. The molecule has 2 heterocycles. The fourth-order valence-electron chi connectivity index (χ4n) is 2.94. The van der Waals surface area contributed by atoms with Crippen LogP contribution in [-0.2, 0) is 10.2 Å². The van der Waals surface area contributed by atoms with Crippen LogP contribution in [0.15, 0.2) is 36.4 Å². The van der Waals surface area contributed by atoms with Crippen molar-refractivity contribution in [3.8, 4) is 23.2 Å². The Kier molecular flexibility index (Phi) is 2.87. The van der Waals surface area contributed by atoms with Crippen molar-refractivity contribution in [2.24, 2.45) is 0 Å². The second-order valence-corrected chi connectivity index (χ2v) is 5.92. The van der Waals surface area contributed by atoms with Gasteiger partial charge in [-0.05, 0) is 43.3 Å². The zero-order valence-electron chi connectivity index (χ0n) is 13.2. The second-order valence-electron chi connectivity index (χ2n) is 5.92. The molecule has 1 amide bonds. The molecule has 0 fully saturated rings. The van der Waals surface area contributed by atoms with Crippen LogP contribution in [0.3, 0.4) is 0 Å². The Hall–Kier alpha value is -3.33. The van der Waals surface area contributed by atoms with Gasteiger partial charge in [-0.1, -0.05) is 0 Å². The SMILES string of the molecule is COc1ccc(-c2nc3cc4c(cc3[nH]2)C(C)(C#N)C(=O)N4)cc1. The number of aromatic nitrogens is 2. The van der Waals surface area contributed by atoms with Crippen molar-refractivity contribution in [2.75, 3.05) is 12.4 Å².